The summed E-state index contributed by atoms with van der Waals surface area (Å²) in [5.74, 6) is 0.774. The third-order valence-corrected chi connectivity index (χ3v) is 5.26. The van der Waals surface area contributed by atoms with Crippen molar-refractivity contribution < 1.29 is 14.9 Å². The van der Waals surface area contributed by atoms with E-state index in [1.165, 1.54) is 12.7 Å². The molecule has 4 atom stereocenters. The average molecular weight is 359 g/mol. The summed E-state index contributed by atoms with van der Waals surface area (Å²) in [4.78, 5) is 13.3. The van der Waals surface area contributed by atoms with E-state index in [4.69, 9.17) is 10.5 Å². The van der Waals surface area contributed by atoms with Crippen molar-refractivity contribution in [3.8, 4) is 0 Å². The molecule has 8 nitrogen and oxygen atoms in total. The first-order chi connectivity index (χ1) is 12.1. The molecule has 130 valence electrons. The molecule has 0 aliphatic carbocycles. The van der Waals surface area contributed by atoms with Crippen LogP contribution in [0, 0.1) is 0 Å². The van der Waals surface area contributed by atoms with Crippen LogP contribution in [0.15, 0.2) is 47.9 Å². The highest BCUT2D eigenvalue weighted by Gasteiger charge is 2.44. The van der Waals surface area contributed by atoms with Crippen molar-refractivity contribution in [2.45, 2.75) is 29.4 Å². The zero-order chi connectivity index (χ0) is 17.4. The van der Waals surface area contributed by atoms with E-state index in [1.54, 1.807) is 16.3 Å². The van der Waals surface area contributed by atoms with E-state index >= 15 is 0 Å². The molecule has 0 spiro atoms. The van der Waals surface area contributed by atoms with Crippen molar-refractivity contribution in [1.29, 1.82) is 0 Å². The molecular formula is C16H17N5O3S. The Bertz CT molecular complexity index is 875. The Morgan fingerprint density at radius 2 is 1.92 bits per heavy atom. The SMILES string of the molecule is Nc1ncnc2c1ncn2[C@@H]1O[C@H](CSc2ccccc2)C(O)C1O. The molecule has 2 unspecified atom stereocenters. The van der Waals surface area contributed by atoms with Crippen LogP contribution in [0.5, 0.6) is 0 Å². The fraction of sp³-hybridized carbons (Fsp3) is 0.312. The number of aliphatic hydroxyl groups excluding tert-OH is 2. The third-order valence-electron chi connectivity index (χ3n) is 4.16. The number of anilines is 1. The summed E-state index contributed by atoms with van der Waals surface area (Å²) in [5.41, 5.74) is 6.68. The highest BCUT2D eigenvalue weighted by molar-refractivity contribution is 7.99. The minimum Gasteiger partial charge on any atom is -0.387 e. The van der Waals surface area contributed by atoms with Gasteiger partial charge in [0.05, 0.1) is 12.4 Å². The van der Waals surface area contributed by atoms with Crippen LogP contribution in [0.3, 0.4) is 0 Å². The lowest BCUT2D eigenvalue weighted by Crippen LogP contribution is -2.32. The number of hydrogen-bond acceptors (Lipinski definition) is 8. The molecule has 1 aromatic carbocycles. The molecule has 0 radical (unpaired) electrons. The fourth-order valence-corrected chi connectivity index (χ4v) is 3.83. The Morgan fingerprint density at radius 3 is 2.72 bits per heavy atom. The molecule has 3 heterocycles. The van der Waals surface area contributed by atoms with Crippen LogP contribution in [0.2, 0.25) is 0 Å². The van der Waals surface area contributed by atoms with Gasteiger partial charge in [-0.3, -0.25) is 4.57 Å². The van der Waals surface area contributed by atoms with Gasteiger partial charge >= 0.3 is 0 Å². The molecule has 1 fully saturated rings. The van der Waals surface area contributed by atoms with Gasteiger partial charge in [-0.25, -0.2) is 15.0 Å². The lowest BCUT2D eigenvalue weighted by Gasteiger charge is -2.16. The quantitative estimate of drug-likeness (QED) is 0.586. The standard InChI is InChI=1S/C16H17N5O3S/c17-14-11-15(19-7-18-14)21(8-20-11)16-13(23)12(22)10(24-16)6-25-9-4-2-1-3-5-9/h1-5,7-8,10,12-13,16,22-23H,6H2,(H2,17,18,19)/t10-,12?,13?,16-/m1/s1. The zero-order valence-corrected chi connectivity index (χ0v) is 14.0. The van der Waals surface area contributed by atoms with Gasteiger partial charge in [0.15, 0.2) is 17.7 Å². The Balaban J connectivity index is 1.54. The van der Waals surface area contributed by atoms with Gasteiger partial charge in [-0.2, -0.15) is 0 Å². The summed E-state index contributed by atoms with van der Waals surface area (Å²) in [6, 6.07) is 9.83. The lowest BCUT2D eigenvalue weighted by atomic mass is 10.1. The number of fused-ring (bicyclic) bond motifs is 1. The van der Waals surface area contributed by atoms with E-state index in [0.29, 0.717) is 16.9 Å². The molecular weight excluding hydrogens is 342 g/mol. The van der Waals surface area contributed by atoms with Crippen LogP contribution < -0.4 is 5.73 Å². The number of thioether (sulfide) groups is 1. The van der Waals surface area contributed by atoms with Crippen molar-refractivity contribution in [3.05, 3.63) is 43.0 Å². The first-order valence-electron chi connectivity index (χ1n) is 7.77. The van der Waals surface area contributed by atoms with E-state index in [1.807, 2.05) is 30.3 Å². The van der Waals surface area contributed by atoms with Crippen molar-refractivity contribution in [3.63, 3.8) is 0 Å². The maximum absolute atomic E-state index is 10.4. The van der Waals surface area contributed by atoms with Gasteiger partial charge in [-0.15, -0.1) is 11.8 Å². The number of ether oxygens (including phenoxy) is 1. The zero-order valence-electron chi connectivity index (χ0n) is 13.1. The summed E-state index contributed by atoms with van der Waals surface area (Å²) in [5, 5.41) is 20.8. The molecule has 3 aromatic rings. The molecule has 2 aromatic heterocycles. The summed E-state index contributed by atoms with van der Waals surface area (Å²) in [6.07, 6.45) is -0.565. The van der Waals surface area contributed by atoms with E-state index in [-0.39, 0.29) is 5.82 Å². The molecule has 0 amide bonds. The molecule has 1 aliphatic rings. The molecule has 4 rings (SSSR count). The number of aliphatic hydroxyl groups is 2. The van der Waals surface area contributed by atoms with Crippen LogP contribution in [0.1, 0.15) is 6.23 Å². The largest absolute Gasteiger partial charge is 0.387 e. The van der Waals surface area contributed by atoms with Crippen molar-refractivity contribution in [2.75, 3.05) is 11.5 Å². The van der Waals surface area contributed by atoms with Gasteiger partial charge in [-0.05, 0) is 12.1 Å². The number of nitrogens with two attached hydrogens (primary N) is 1. The number of rotatable bonds is 4. The van der Waals surface area contributed by atoms with Crippen molar-refractivity contribution in [1.82, 2.24) is 19.5 Å². The van der Waals surface area contributed by atoms with Gasteiger partial charge in [0.2, 0.25) is 0 Å². The topological polar surface area (TPSA) is 119 Å². The van der Waals surface area contributed by atoms with E-state index in [9.17, 15) is 10.2 Å². The molecule has 9 heteroatoms. The number of imidazole rings is 1. The van der Waals surface area contributed by atoms with Gasteiger partial charge in [0, 0.05) is 10.6 Å². The number of nitrogen functional groups attached to an aromatic ring is 1. The Morgan fingerprint density at radius 1 is 1.12 bits per heavy atom. The molecule has 1 aliphatic heterocycles. The Hall–Kier alpha value is -2.20. The second kappa shape index (κ2) is 6.60. The first kappa shape index (κ1) is 16.3. The minimum atomic E-state index is -1.09. The predicted octanol–water partition coefficient (Wildman–Crippen LogP) is 0.820. The lowest BCUT2D eigenvalue weighted by molar-refractivity contribution is -0.0289. The Kier molecular flexibility index (Phi) is 4.30. The summed E-state index contributed by atoms with van der Waals surface area (Å²) in [6.45, 7) is 0. The second-order valence-electron chi connectivity index (χ2n) is 5.75. The van der Waals surface area contributed by atoms with Crippen LogP contribution in [0.25, 0.3) is 11.2 Å². The Labute approximate surface area is 147 Å². The maximum Gasteiger partial charge on any atom is 0.167 e. The number of aromatic nitrogens is 4. The monoisotopic (exact) mass is 359 g/mol. The van der Waals surface area contributed by atoms with Crippen LogP contribution >= 0.6 is 11.8 Å². The van der Waals surface area contributed by atoms with Crippen molar-refractivity contribution in [2.24, 2.45) is 0 Å². The number of hydrogen-bond donors (Lipinski definition) is 3. The van der Waals surface area contributed by atoms with Crippen molar-refractivity contribution >= 4 is 28.7 Å². The molecule has 4 N–H and O–H groups in total. The van der Waals surface area contributed by atoms with E-state index < -0.39 is 24.5 Å². The third kappa shape index (κ3) is 2.95. The predicted molar refractivity (Wildman–Crippen MR) is 92.8 cm³/mol. The smallest absolute Gasteiger partial charge is 0.167 e. The second-order valence-corrected chi connectivity index (χ2v) is 6.85. The highest BCUT2D eigenvalue weighted by Crippen LogP contribution is 2.34. The molecule has 25 heavy (non-hydrogen) atoms. The van der Waals surface area contributed by atoms with Gasteiger partial charge in [0.1, 0.15) is 24.1 Å². The molecule has 1 saturated heterocycles. The normalized spacial score (nSPS) is 26.3. The molecule has 0 saturated carbocycles. The van der Waals surface area contributed by atoms with Crippen LogP contribution in [0.4, 0.5) is 5.82 Å². The molecule has 0 bridgehead atoms. The summed E-state index contributed by atoms with van der Waals surface area (Å²) in [7, 11) is 0. The average Bonchev–Trinajstić information content (AvgIpc) is 3.18. The van der Waals surface area contributed by atoms with Gasteiger partial charge < -0.3 is 20.7 Å². The number of nitrogens with zero attached hydrogens (tertiary/aromatic N) is 4. The summed E-state index contributed by atoms with van der Waals surface area (Å²) < 4.78 is 7.48. The van der Waals surface area contributed by atoms with Crippen LogP contribution in [-0.2, 0) is 4.74 Å². The maximum atomic E-state index is 10.4. The highest BCUT2D eigenvalue weighted by atomic mass is 32.2. The van der Waals surface area contributed by atoms with Crippen LogP contribution in [-0.4, -0.2) is 53.8 Å². The van der Waals surface area contributed by atoms with Gasteiger partial charge in [0.25, 0.3) is 0 Å². The van der Waals surface area contributed by atoms with Gasteiger partial charge in [-0.1, -0.05) is 18.2 Å². The number of benzene rings is 1. The van der Waals surface area contributed by atoms with E-state index in [2.05, 4.69) is 15.0 Å². The fourth-order valence-electron chi connectivity index (χ4n) is 2.85. The first-order valence-corrected chi connectivity index (χ1v) is 8.76. The summed E-state index contributed by atoms with van der Waals surface area (Å²) >= 11 is 1.56. The minimum absolute atomic E-state index is 0.257. The van der Waals surface area contributed by atoms with E-state index in [0.717, 1.165) is 4.90 Å².